The molecule has 2 aromatic heterocycles. The summed E-state index contributed by atoms with van der Waals surface area (Å²) in [4.78, 5) is 23.7. The molecule has 0 spiro atoms. The van der Waals surface area contributed by atoms with Crippen LogP contribution in [0.1, 0.15) is 42.4 Å². The Morgan fingerprint density at radius 1 is 1.14 bits per heavy atom. The van der Waals surface area contributed by atoms with Crippen LogP contribution < -0.4 is 0 Å². The number of rotatable bonds is 6. The molecule has 1 amide bonds. The monoisotopic (exact) mass is 391 g/mol. The van der Waals surface area contributed by atoms with Gasteiger partial charge in [0.05, 0.1) is 31.1 Å². The van der Waals surface area contributed by atoms with Crippen molar-refractivity contribution < 1.29 is 9.53 Å². The van der Waals surface area contributed by atoms with Crippen LogP contribution in [-0.2, 0) is 31.3 Å². The first kappa shape index (κ1) is 19.1. The van der Waals surface area contributed by atoms with Gasteiger partial charge in [-0.1, -0.05) is 43.7 Å². The molecule has 0 saturated carbocycles. The summed E-state index contributed by atoms with van der Waals surface area (Å²) in [5.41, 5.74) is 4.56. The zero-order valence-corrected chi connectivity index (χ0v) is 16.8. The molecule has 0 saturated heterocycles. The molecular formula is C22H25N5O2. The molecule has 0 fully saturated rings. The molecule has 0 atom stereocenters. The first-order valence-electron chi connectivity index (χ1n) is 9.98. The quantitative estimate of drug-likeness (QED) is 0.599. The fraction of sp³-hybridized carbons (Fsp3) is 0.364. The van der Waals surface area contributed by atoms with Gasteiger partial charge in [0.1, 0.15) is 11.5 Å². The van der Waals surface area contributed by atoms with Crippen LogP contribution in [0.5, 0.6) is 0 Å². The molecule has 150 valence electrons. The molecule has 3 aromatic rings. The van der Waals surface area contributed by atoms with Gasteiger partial charge < -0.3 is 4.74 Å². The second-order valence-electron chi connectivity index (χ2n) is 7.27. The van der Waals surface area contributed by atoms with E-state index in [1.165, 1.54) is 0 Å². The van der Waals surface area contributed by atoms with Crippen molar-refractivity contribution in [3.8, 4) is 11.4 Å². The minimum absolute atomic E-state index is 0.298. The highest BCUT2D eigenvalue weighted by atomic mass is 16.6. The molecule has 1 aliphatic heterocycles. The van der Waals surface area contributed by atoms with Crippen molar-refractivity contribution in [2.45, 2.75) is 39.3 Å². The summed E-state index contributed by atoms with van der Waals surface area (Å²) in [7, 11) is 1.88. The summed E-state index contributed by atoms with van der Waals surface area (Å²) in [5.74, 6) is 0.733. The summed E-state index contributed by atoms with van der Waals surface area (Å²) in [6.07, 6.45) is 4.09. The summed E-state index contributed by atoms with van der Waals surface area (Å²) >= 11 is 0. The van der Waals surface area contributed by atoms with Gasteiger partial charge >= 0.3 is 6.09 Å². The normalized spacial score (nSPS) is 12.8. The number of nitrogens with zero attached hydrogens (tertiary/aromatic N) is 5. The second-order valence-corrected chi connectivity index (χ2v) is 7.27. The Labute approximate surface area is 170 Å². The average molecular weight is 391 g/mol. The van der Waals surface area contributed by atoms with E-state index in [2.05, 4.69) is 24.2 Å². The molecule has 1 aromatic carbocycles. The predicted octanol–water partition coefficient (Wildman–Crippen LogP) is 3.72. The molecule has 7 nitrogen and oxygen atoms in total. The number of aryl methyl sites for hydroxylation is 1. The number of hydrogen-bond donors (Lipinski definition) is 0. The van der Waals surface area contributed by atoms with Crippen LogP contribution in [0.15, 0.2) is 42.6 Å². The van der Waals surface area contributed by atoms with Gasteiger partial charge in [-0.3, -0.25) is 9.58 Å². The van der Waals surface area contributed by atoms with E-state index in [0.717, 1.165) is 46.9 Å². The minimum Gasteiger partial charge on any atom is -0.449 e. The zero-order chi connectivity index (χ0) is 20.2. The Morgan fingerprint density at radius 3 is 2.69 bits per heavy atom. The van der Waals surface area contributed by atoms with E-state index in [9.17, 15) is 4.79 Å². The zero-order valence-electron chi connectivity index (χ0n) is 16.8. The van der Waals surface area contributed by atoms with E-state index in [1.54, 1.807) is 9.58 Å². The average Bonchev–Trinajstić information content (AvgIpc) is 3.34. The molecular weight excluding hydrogens is 366 g/mol. The van der Waals surface area contributed by atoms with Gasteiger partial charge in [-0.25, -0.2) is 14.8 Å². The number of unbranched alkanes of at least 4 members (excludes halogenated alkanes) is 1. The van der Waals surface area contributed by atoms with Crippen molar-refractivity contribution >= 4 is 6.09 Å². The van der Waals surface area contributed by atoms with E-state index in [4.69, 9.17) is 14.7 Å². The largest absolute Gasteiger partial charge is 0.449 e. The fourth-order valence-electron chi connectivity index (χ4n) is 3.44. The summed E-state index contributed by atoms with van der Waals surface area (Å²) in [6.45, 7) is 3.39. The molecule has 7 heteroatoms. The summed E-state index contributed by atoms with van der Waals surface area (Å²) in [5, 5.41) is 4.53. The first-order valence-corrected chi connectivity index (χ1v) is 9.98. The number of fused-ring (bicyclic) bond motifs is 1. The van der Waals surface area contributed by atoms with Gasteiger partial charge in [-0.05, 0) is 18.1 Å². The minimum atomic E-state index is -0.298. The topological polar surface area (TPSA) is 73.1 Å². The lowest BCUT2D eigenvalue weighted by molar-refractivity contribution is 0.100. The maximum absolute atomic E-state index is 12.5. The number of carbonyl (C=O) groups is 1. The van der Waals surface area contributed by atoms with Crippen LogP contribution in [0.4, 0.5) is 4.79 Å². The number of amides is 1. The van der Waals surface area contributed by atoms with Crippen molar-refractivity contribution in [3.05, 3.63) is 65.2 Å². The smallest absolute Gasteiger partial charge is 0.410 e. The lowest BCUT2D eigenvalue weighted by Gasteiger charge is -2.14. The molecule has 0 bridgehead atoms. The Morgan fingerprint density at radius 2 is 1.97 bits per heavy atom. The molecule has 3 heterocycles. The van der Waals surface area contributed by atoms with Crippen molar-refractivity contribution in [2.24, 2.45) is 7.05 Å². The van der Waals surface area contributed by atoms with Gasteiger partial charge in [0.2, 0.25) is 0 Å². The van der Waals surface area contributed by atoms with Crippen LogP contribution in [0.25, 0.3) is 11.4 Å². The van der Waals surface area contributed by atoms with E-state index in [1.807, 2.05) is 37.5 Å². The van der Waals surface area contributed by atoms with E-state index >= 15 is 0 Å². The van der Waals surface area contributed by atoms with E-state index < -0.39 is 0 Å². The highest BCUT2D eigenvalue weighted by Crippen LogP contribution is 2.30. The number of ether oxygens (including phenoxy) is 1. The fourth-order valence-corrected chi connectivity index (χ4v) is 3.44. The standard InChI is InChI=1S/C22H25N5O2/c1-3-4-12-29-22(28)27-14-17-19(15-27)23-20(13-16-8-6-5-7-9-16)24-21(17)18-10-11-26(2)25-18/h5-11H,3-4,12-15H2,1-2H3. The highest BCUT2D eigenvalue weighted by Gasteiger charge is 2.30. The third-order valence-corrected chi connectivity index (χ3v) is 4.97. The van der Waals surface area contributed by atoms with Gasteiger partial charge in [-0.2, -0.15) is 5.10 Å². The maximum Gasteiger partial charge on any atom is 0.410 e. The maximum atomic E-state index is 12.5. The van der Waals surface area contributed by atoms with Gasteiger partial charge in [0, 0.05) is 25.2 Å². The Hall–Kier alpha value is -3.22. The molecule has 29 heavy (non-hydrogen) atoms. The van der Waals surface area contributed by atoms with E-state index in [-0.39, 0.29) is 6.09 Å². The SMILES string of the molecule is CCCCOC(=O)N1Cc2nc(Cc3ccccc3)nc(-c3ccn(C)n3)c2C1. The summed E-state index contributed by atoms with van der Waals surface area (Å²) in [6, 6.07) is 12.1. The second kappa shape index (κ2) is 8.43. The van der Waals surface area contributed by atoms with Crippen LogP contribution in [-0.4, -0.2) is 37.3 Å². The first-order chi connectivity index (χ1) is 14.1. The van der Waals surface area contributed by atoms with Crippen LogP contribution in [0.2, 0.25) is 0 Å². The van der Waals surface area contributed by atoms with Crippen molar-refractivity contribution in [1.29, 1.82) is 0 Å². The molecule has 0 unspecified atom stereocenters. The Kier molecular flexibility index (Phi) is 5.55. The lowest BCUT2D eigenvalue weighted by Crippen LogP contribution is -2.26. The van der Waals surface area contributed by atoms with Crippen LogP contribution >= 0.6 is 0 Å². The number of aromatic nitrogens is 4. The Balaban J connectivity index is 1.64. The molecule has 0 aliphatic carbocycles. The van der Waals surface area contributed by atoms with Crippen molar-refractivity contribution in [3.63, 3.8) is 0 Å². The molecule has 4 rings (SSSR count). The number of benzene rings is 1. The number of hydrogen-bond acceptors (Lipinski definition) is 5. The van der Waals surface area contributed by atoms with Gasteiger partial charge in [0.15, 0.2) is 0 Å². The summed E-state index contributed by atoms with van der Waals surface area (Å²) < 4.78 is 7.15. The Bertz CT molecular complexity index is 1000. The lowest BCUT2D eigenvalue weighted by atomic mass is 10.1. The molecule has 1 aliphatic rings. The van der Waals surface area contributed by atoms with E-state index in [0.29, 0.717) is 26.1 Å². The number of carbonyl (C=O) groups excluding carboxylic acids is 1. The van der Waals surface area contributed by atoms with Crippen molar-refractivity contribution in [1.82, 2.24) is 24.6 Å². The highest BCUT2D eigenvalue weighted by molar-refractivity contribution is 5.70. The molecule has 0 N–H and O–H groups in total. The van der Waals surface area contributed by atoms with Gasteiger partial charge in [-0.15, -0.1) is 0 Å². The van der Waals surface area contributed by atoms with Gasteiger partial charge in [0.25, 0.3) is 0 Å². The van der Waals surface area contributed by atoms with Crippen molar-refractivity contribution in [2.75, 3.05) is 6.61 Å². The predicted molar refractivity (Wildman–Crippen MR) is 109 cm³/mol. The van der Waals surface area contributed by atoms with Crippen LogP contribution in [0.3, 0.4) is 0 Å². The third kappa shape index (κ3) is 4.29. The third-order valence-electron chi connectivity index (χ3n) is 4.97. The molecule has 0 radical (unpaired) electrons. The van der Waals surface area contributed by atoms with Crippen LogP contribution in [0, 0.1) is 0 Å².